The molecule has 1 N–H and O–H groups in total. The zero-order chi connectivity index (χ0) is 17.1. The number of nitrogens with one attached hydrogen (secondary N) is 1. The molecule has 1 atom stereocenters. The van der Waals surface area contributed by atoms with Gasteiger partial charge in [0.1, 0.15) is 6.61 Å². The van der Waals surface area contributed by atoms with E-state index in [0.29, 0.717) is 16.6 Å². The Morgan fingerprint density at radius 2 is 2.04 bits per heavy atom. The maximum Gasteiger partial charge on any atom is 0.270 e. The molecule has 0 aliphatic carbocycles. The van der Waals surface area contributed by atoms with Crippen molar-refractivity contribution in [3.05, 3.63) is 35.3 Å². The lowest BCUT2D eigenvalue weighted by molar-refractivity contribution is -0.125. The Morgan fingerprint density at radius 3 is 2.88 bits per heavy atom. The second-order valence-electron chi connectivity index (χ2n) is 6.33. The van der Waals surface area contributed by atoms with Gasteiger partial charge in [0.2, 0.25) is 6.10 Å². The van der Waals surface area contributed by atoms with Gasteiger partial charge < -0.3 is 9.47 Å². The van der Waals surface area contributed by atoms with Gasteiger partial charge in [-0.3, -0.25) is 15.0 Å². The number of aromatic nitrogens is 1. The SMILES string of the molecule is O=C(Nc1nc(CN2CCCCC2)cs1)C1COc2ccccc2O1. The Balaban J connectivity index is 1.34. The molecule has 1 amide bonds. The third-order valence-corrected chi connectivity index (χ3v) is 5.22. The number of amides is 1. The van der Waals surface area contributed by atoms with E-state index < -0.39 is 6.10 Å². The van der Waals surface area contributed by atoms with Crippen molar-refractivity contribution < 1.29 is 14.3 Å². The van der Waals surface area contributed by atoms with Crippen molar-refractivity contribution in [3.8, 4) is 11.5 Å². The quantitative estimate of drug-likeness (QED) is 0.909. The Bertz CT molecular complexity index is 743. The number of ether oxygens (including phenoxy) is 2. The van der Waals surface area contributed by atoms with E-state index in [2.05, 4.69) is 15.2 Å². The highest BCUT2D eigenvalue weighted by molar-refractivity contribution is 7.13. The van der Waals surface area contributed by atoms with E-state index in [-0.39, 0.29) is 12.5 Å². The number of carbonyl (C=O) groups is 1. The number of anilines is 1. The van der Waals surface area contributed by atoms with Crippen molar-refractivity contribution in [2.24, 2.45) is 0 Å². The minimum absolute atomic E-state index is 0.203. The van der Waals surface area contributed by atoms with Crippen molar-refractivity contribution in [1.29, 1.82) is 0 Å². The molecule has 7 heteroatoms. The Labute approximate surface area is 150 Å². The van der Waals surface area contributed by atoms with E-state index in [1.165, 1.54) is 30.6 Å². The average molecular weight is 359 g/mol. The summed E-state index contributed by atoms with van der Waals surface area (Å²) in [7, 11) is 0. The smallest absolute Gasteiger partial charge is 0.270 e. The summed E-state index contributed by atoms with van der Waals surface area (Å²) in [5, 5.41) is 5.47. The maximum absolute atomic E-state index is 12.4. The topological polar surface area (TPSA) is 63.7 Å². The molecule has 1 saturated heterocycles. The molecule has 2 aromatic rings. The van der Waals surface area contributed by atoms with Crippen LogP contribution in [-0.4, -0.2) is 41.6 Å². The van der Waals surface area contributed by atoms with Gasteiger partial charge in [0.25, 0.3) is 5.91 Å². The molecule has 4 rings (SSSR count). The predicted molar refractivity (Wildman–Crippen MR) is 96.2 cm³/mol. The molecule has 25 heavy (non-hydrogen) atoms. The molecule has 1 aromatic carbocycles. The molecule has 1 aromatic heterocycles. The lowest BCUT2D eigenvalue weighted by atomic mass is 10.1. The molecule has 0 radical (unpaired) electrons. The highest BCUT2D eigenvalue weighted by Gasteiger charge is 2.28. The van der Waals surface area contributed by atoms with E-state index in [1.54, 1.807) is 6.07 Å². The minimum Gasteiger partial charge on any atom is -0.485 e. The average Bonchev–Trinajstić information content (AvgIpc) is 3.09. The van der Waals surface area contributed by atoms with E-state index in [9.17, 15) is 4.79 Å². The molecule has 6 nitrogen and oxygen atoms in total. The summed E-state index contributed by atoms with van der Waals surface area (Å²) < 4.78 is 11.3. The van der Waals surface area contributed by atoms with Crippen LogP contribution in [0.15, 0.2) is 29.6 Å². The van der Waals surface area contributed by atoms with Crippen LogP contribution in [0.25, 0.3) is 0 Å². The number of piperidine rings is 1. The summed E-state index contributed by atoms with van der Waals surface area (Å²) in [6, 6.07) is 7.37. The summed E-state index contributed by atoms with van der Waals surface area (Å²) in [4.78, 5) is 19.4. The number of rotatable bonds is 4. The van der Waals surface area contributed by atoms with Gasteiger partial charge in [-0.25, -0.2) is 4.98 Å². The standard InChI is InChI=1S/C18H21N3O3S/c22-17(16-11-23-14-6-2-3-7-15(14)24-16)20-18-19-13(12-25-18)10-21-8-4-1-5-9-21/h2-3,6-7,12,16H,1,4-5,8-11H2,(H,19,20,22). The number of hydrogen-bond donors (Lipinski definition) is 1. The molecular weight excluding hydrogens is 338 g/mol. The van der Waals surface area contributed by atoms with Gasteiger partial charge in [-0.1, -0.05) is 18.6 Å². The number of para-hydroxylation sites is 2. The van der Waals surface area contributed by atoms with Crippen LogP contribution in [0.4, 0.5) is 5.13 Å². The first-order valence-corrected chi connectivity index (χ1v) is 9.52. The maximum atomic E-state index is 12.4. The van der Waals surface area contributed by atoms with Gasteiger partial charge in [-0.15, -0.1) is 11.3 Å². The van der Waals surface area contributed by atoms with Crippen LogP contribution in [0.3, 0.4) is 0 Å². The first kappa shape index (κ1) is 16.4. The highest BCUT2D eigenvalue weighted by atomic mass is 32.1. The zero-order valence-electron chi connectivity index (χ0n) is 13.9. The fourth-order valence-electron chi connectivity index (χ4n) is 3.12. The number of nitrogens with zero attached hydrogens (tertiary/aromatic N) is 2. The van der Waals surface area contributed by atoms with E-state index in [0.717, 1.165) is 25.3 Å². The molecule has 132 valence electrons. The minimum atomic E-state index is -0.663. The fraction of sp³-hybridized carbons (Fsp3) is 0.444. The van der Waals surface area contributed by atoms with E-state index in [1.807, 2.05) is 23.6 Å². The molecular formula is C18H21N3O3S. The van der Waals surface area contributed by atoms with Crippen molar-refractivity contribution >= 4 is 22.4 Å². The molecule has 0 bridgehead atoms. The van der Waals surface area contributed by atoms with Gasteiger partial charge in [-0.05, 0) is 38.1 Å². The summed E-state index contributed by atoms with van der Waals surface area (Å²) in [6.07, 6.45) is 3.17. The largest absolute Gasteiger partial charge is 0.485 e. The predicted octanol–water partition coefficient (Wildman–Crippen LogP) is 2.91. The van der Waals surface area contributed by atoms with Crippen LogP contribution in [0.5, 0.6) is 11.5 Å². The fourth-order valence-corrected chi connectivity index (χ4v) is 3.82. The number of carbonyl (C=O) groups excluding carboxylic acids is 1. The molecule has 0 saturated carbocycles. The monoisotopic (exact) mass is 359 g/mol. The van der Waals surface area contributed by atoms with Gasteiger partial charge in [-0.2, -0.15) is 0 Å². The Morgan fingerprint density at radius 1 is 1.24 bits per heavy atom. The number of fused-ring (bicyclic) bond motifs is 1. The lowest BCUT2D eigenvalue weighted by Crippen LogP contribution is -2.40. The third kappa shape index (κ3) is 3.93. The number of hydrogen-bond acceptors (Lipinski definition) is 6. The van der Waals surface area contributed by atoms with Crippen molar-refractivity contribution in [3.63, 3.8) is 0 Å². The molecule has 1 unspecified atom stereocenters. The van der Waals surface area contributed by atoms with Crippen LogP contribution in [0.2, 0.25) is 0 Å². The van der Waals surface area contributed by atoms with Gasteiger partial charge in [0.15, 0.2) is 16.6 Å². The summed E-state index contributed by atoms with van der Waals surface area (Å²) in [5.41, 5.74) is 1.01. The zero-order valence-corrected chi connectivity index (χ0v) is 14.8. The third-order valence-electron chi connectivity index (χ3n) is 4.42. The van der Waals surface area contributed by atoms with Crippen LogP contribution in [0.1, 0.15) is 25.0 Å². The Hall–Kier alpha value is -2.12. The van der Waals surface area contributed by atoms with Gasteiger partial charge in [0, 0.05) is 11.9 Å². The number of likely N-dealkylation sites (tertiary alicyclic amines) is 1. The first-order valence-electron chi connectivity index (χ1n) is 8.64. The first-order chi connectivity index (χ1) is 12.3. The lowest BCUT2D eigenvalue weighted by Gasteiger charge is -2.25. The normalized spacial score (nSPS) is 20.2. The number of benzene rings is 1. The second-order valence-corrected chi connectivity index (χ2v) is 7.19. The van der Waals surface area contributed by atoms with E-state index >= 15 is 0 Å². The van der Waals surface area contributed by atoms with Gasteiger partial charge >= 0.3 is 0 Å². The van der Waals surface area contributed by atoms with Crippen molar-refractivity contribution in [2.45, 2.75) is 31.9 Å². The summed E-state index contributed by atoms with van der Waals surface area (Å²) in [5.74, 6) is 1.04. The summed E-state index contributed by atoms with van der Waals surface area (Å²) in [6.45, 7) is 3.31. The molecule has 2 aliphatic heterocycles. The van der Waals surface area contributed by atoms with Crippen molar-refractivity contribution in [2.75, 3.05) is 25.0 Å². The second kappa shape index (κ2) is 7.41. The summed E-state index contributed by atoms with van der Waals surface area (Å²) >= 11 is 1.45. The van der Waals surface area contributed by atoms with Crippen molar-refractivity contribution in [1.82, 2.24) is 9.88 Å². The molecule has 3 heterocycles. The molecule has 2 aliphatic rings. The van der Waals surface area contributed by atoms with E-state index in [4.69, 9.17) is 9.47 Å². The molecule has 1 fully saturated rings. The highest BCUT2D eigenvalue weighted by Crippen LogP contribution is 2.31. The molecule has 0 spiro atoms. The van der Waals surface area contributed by atoms with Gasteiger partial charge in [0.05, 0.1) is 5.69 Å². The van der Waals surface area contributed by atoms with Crippen LogP contribution in [-0.2, 0) is 11.3 Å². The number of thiazole rings is 1. The van der Waals surface area contributed by atoms with Crippen LogP contribution < -0.4 is 14.8 Å². The Kier molecular flexibility index (Phi) is 4.85. The van der Waals surface area contributed by atoms with Crippen LogP contribution in [0, 0.1) is 0 Å². The van der Waals surface area contributed by atoms with Crippen LogP contribution >= 0.6 is 11.3 Å².